The van der Waals surface area contributed by atoms with E-state index in [1.54, 1.807) is 62.9 Å². The first-order valence-corrected chi connectivity index (χ1v) is 15.0. The Morgan fingerprint density at radius 2 is 1.85 bits per heavy atom. The molecule has 39 heavy (non-hydrogen) atoms. The molecular formula is C30H40ClN3O4S. The van der Waals surface area contributed by atoms with Gasteiger partial charge in [-0.05, 0) is 56.9 Å². The highest BCUT2D eigenvalue weighted by Gasteiger charge is 2.78. The Morgan fingerprint density at radius 3 is 2.41 bits per heavy atom. The zero-order chi connectivity index (χ0) is 28.5. The Balaban J connectivity index is 1.83. The number of aliphatic hydroxyl groups is 1. The van der Waals surface area contributed by atoms with Crippen LogP contribution in [0, 0.1) is 11.8 Å². The summed E-state index contributed by atoms with van der Waals surface area (Å²) in [6.45, 7) is 14.7. The summed E-state index contributed by atoms with van der Waals surface area (Å²) in [5.74, 6) is -1.65. The molecule has 7 nitrogen and oxygen atoms in total. The summed E-state index contributed by atoms with van der Waals surface area (Å²) in [6, 6.07) is 5.70. The highest BCUT2D eigenvalue weighted by atomic mass is 35.5. The normalized spacial score (nSPS) is 29.7. The molecule has 0 aliphatic carbocycles. The van der Waals surface area contributed by atoms with Crippen LogP contribution in [0.5, 0.6) is 0 Å². The van der Waals surface area contributed by atoms with Gasteiger partial charge in [-0.1, -0.05) is 37.6 Å². The van der Waals surface area contributed by atoms with Gasteiger partial charge in [0.1, 0.15) is 6.04 Å². The fourth-order valence-electron chi connectivity index (χ4n) is 6.96. The lowest BCUT2D eigenvalue weighted by molar-refractivity contribution is -0.146. The molecule has 1 aromatic carbocycles. The molecule has 3 aliphatic rings. The Bertz CT molecular complexity index is 1130. The van der Waals surface area contributed by atoms with Gasteiger partial charge in [-0.2, -0.15) is 0 Å². The Kier molecular flexibility index (Phi) is 8.89. The zero-order valence-electron chi connectivity index (χ0n) is 23.1. The zero-order valence-corrected chi connectivity index (χ0v) is 24.7. The Hall–Kier alpha value is -2.29. The van der Waals surface area contributed by atoms with Crippen LogP contribution in [0.2, 0.25) is 5.02 Å². The number of hydrogen-bond acceptors (Lipinski definition) is 5. The van der Waals surface area contributed by atoms with Crippen LogP contribution in [0.25, 0.3) is 0 Å². The van der Waals surface area contributed by atoms with Gasteiger partial charge >= 0.3 is 0 Å². The van der Waals surface area contributed by atoms with Crippen LogP contribution in [0.15, 0.2) is 49.6 Å². The van der Waals surface area contributed by atoms with Gasteiger partial charge in [-0.15, -0.1) is 24.9 Å². The number of rotatable bonds is 12. The maximum atomic E-state index is 14.6. The number of fused-ring (bicyclic) bond motifs is 1. The largest absolute Gasteiger partial charge is 0.394 e. The van der Waals surface area contributed by atoms with Crippen molar-refractivity contribution >= 4 is 46.8 Å². The number of nitrogens with zero attached hydrogens (tertiary/aromatic N) is 3. The van der Waals surface area contributed by atoms with Gasteiger partial charge < -0.3 is 19.8 Å². The molecule has 212 valence electrons. The van der Waals surface area contributed by atoms with Gasteiger partial charge in [0.15, 0.2) is 0 Å². The molecule has 3 saturated heterocycles. The number of thioether (sulfide) groups is 1. The van der Waals surface area contributed by atoms with Crippen molar-refractivity contribution in [2.45, 2.75) is 68.0 Å². The molecule has 1 aromatic rings. The van der Waals surface area contributed by atoms with Crippen molar-refractivity contribution in [3.05, 3.63) is 54.6 Å². The second-order valence-electron chi connectivity index (χ2n) is 11.0. The first-order chi connectivity index (χ1) is 18.6. The van der Waals surface area contributed by atoms with Crippen molar-refractivity contribution in [1.82, 2.24) is 9.80 Å². The summed E-state index contributed by atoms with van der Waals surface area (Å²) in [6.07, 6.45) is 6.07. The average Bonchev–Trinajstić information content (AvgIpc) is 3.49. The summed E-state index contributed by atoms with van der Waals surface area (Å²) in [7, 11) is 0. The van der Waals surface area contributed by atoms with E-state index in [0.717, 1.165) is 12.8 Å². The molecule has 3 heterocycles. The highest BCUT2D eigenvalue weighted by molar-refractivity contribution is 8.02. The minimum absolute atomic E-state index is 0.0441. The van der Waals surface area contributed by atoms with E-state index in [0.29, 0.717) is 36.6 Å². The van der Waals surface area contributed by atoms with E-state index in [4.69, 9.17) is 11.6 Å². The third kappa shape index (κ3) is 4.82. The minimum atomic E-state index is -0.814. The topological polar surface area (TPSA) is 81.2 Å². The van der Waals surface area contributed by atoms with E-state index in [1.165, 1.54) is 0 Å². The number of carbonyl (C=O) groups is 3. The molecular weight excluding hydrogens is 534 g/mol. The number of hydrogen-bond donors (Lipinski definition) is 1. The van der Waals surface area contributed by atoms with E-state index in [-0.39, 0.29) is 30.9 Å². The molecule has 2 bridgehead atoms. The first-order valence-electron chi connectivity index (χ1n) is 13.8. The van der Waals surface area contributed by atoms with Crippen molar-refractivity contribution in [1.29, 1.82) is 0 Å². The number of amides is 3. The lowest BCUT2D eigenvalue weighted by atomic mass is 9.66. The van der Waals surface area contributed by atoms with Crippen LogP contribution >= 0.6 is 23.4 Å². The number of likely N-dealkylation sites (tertiary alicyclic amines) is 1. The molecule has 9 heteroatoms. The number of benzene rings is 1. The van der Waals surface area contributed by atoms with Crippen LogP contribution in [-0.2, 0) is 14.4 Å². The lowest BCUT2D eigenvalue weighted by Crippen LogP contribution is -2.57. The van der Waals surface area contributed by atoms with Gasteiger partial charge in [-0.25, -0.2) is 0 Å². The molecule has 1 spiro atoms. The van der Waals surface area contributed by atoms with Crippen molar-refractivity contribution < 1.29 is 19.5 Å². The van der Waals surface area contributed by atoms with Crippen LogP contribution in [0.4, 0.5) is 5.69 Å². The van der Waals surface area contributed by atoms with Crippen molar-refractivity contribution in [3.63, 3.8) is 0 Å². The smallest absolute Gasteiger partial charge is 0.251 e. The van der Waals surface area contributed by atoms with Gasteiger partial charge in [-0.3, -0.25) is 14.4 Å². The van der Waals surface area contributed by atoms with Crippen LogP contribution in [0.3, 0.4) is 0 Å². The van der Waals surface area contributed by atoms with E-state index < -0.39 is 33.4 Å². The standard InChI is InChI=1S/C30H40ClN3O4S/c1-6-16-32(17-7-2)26(36)23-24-27(37)34(21(9-4)19-35)25(30(24)15-14-29(23,5)39-30)28(38)33(18-8-3)22-12-10-20(31)11-13-22/h6,8,10-13,21,23-25,35H,1,3,7,9,14-19H2,2,4-5H3/t21-,23+,24-,25?,29-,30?/m0/s1. The number of halogens is 1. The van der Waals surface area contributed by atoms with Gasteiger partial charge in [0.2, 0.25) is 11.8 Å². The third-order valence-electron chi connectivity index (χ3n) is 8.66. The molecule has 2 unspecified atom stereocenters. The van der Waals surface area contributed by atoms with Crippen molar-refractivity contribution in [3.8, 4) is 0 Å². The molecule has 3 amide bonds. The second kappa shape index (κ2) is 11.7. The van der Waals surface area contributed by atoms with Crippen LogP contribution < -0.4 is 4.90 Å². The highest BCUT2D eigenvalue weighted by Crippen LogP contribution is 2.72. The van der Waals surface area contributed by atoms with Crippen LogP contribution in [0.1, 0.15) is 46.5 Å². The summed E-state index contributed by atoms with van der Waals surface area (Å²) in [4.78, 5) is 48.2. The van der Waals surface area contributed by atoms with E-state index in [1.807, 2.05) is 13.8 Å². The maximum absolute atomic E-state index is 14.6. The van der Waals surface area contributed by atoms with Crippen molar-refractivity contribution in [2.24, 2.45) is 11.8 Å². The van der Waals surface area contributed by atoms with Gasteiger partial charge in [0.25, 0.3) is 5.91 Å². The summed E-state index contributed by atoms with van der Waals surface area (Å²) < 4.78 is -1.22. The quantitative estimate of drug-likeness (QED) is 0.371. The summed E-state index contributed by atoms with van der Waals surface area (Å²) in [5.41, 5.74) is 0.657. The predicted octanol–water partition coefficient (Wildman–Crippen LogP) is 4.54. The summed E-state index contributed by atoms with van der Waals surface area (Å²) >= 11 is 7.77. The molecule has 6 atom stereocenters. The summed E-state index contributed by atoms with van der Waals surface area (Å²) in [5, 5.41) is 10.9. The Morgan fingerprint density at radius 1 is 1.18 bits per heavy atom. The lowest BCUT2D eigenvalue weighted by Gasteiger charge is -2.39. The van der Waals surface area contributed by atoms with Gasteiger partial charge in [0.05, 0.1) is 29.2 Å². The van der Waals surface area contributed by atoms with E-state index in [2.05, 4.69) is 20.1 Å². The molecule has 0 saturated carbocycles. The predicted molar refractivity (Wildman–Crippen MR) is 158 cm³/mol. The van der Waals surface area contributed by atoms with Gasteiger partial charge in [0, 0.05) is 35.1 Å². The average molecular weight is 574 g/mol. The first kappa shape index (κ1) is 29.7. The molecule has 0 radical (unpaired) electrons. The molecule has 0 aromatic heterocycles. The Labute approximate surface area is 241 Å². The molecule has 1 N–H and O–H groups in total. The minimum Gasteiger partial charge on any atom is -0.394 e. The number of anilines is 1. The fraction of sp³-hybridized carbons (Fsp3) is 0.567. The molecule has 4 rings (SSSR count). The van der Waals surface area contributed by atoms with Crippen molar-refractivity contribution in [2.75, 3.05) is 31.1 Å². The molecule has 3 aliphatic heterocycles. The second-order valence-corrected chi connectivity index (χ2v) is 13.3. The van der Waals surface area contributed by atoms with E-state index in [9.17, 15) is 19.5 Å². The molecule has 3 fully saturated rings. The van der Waals surface area contributed by atoms with E-state index >= 15 is 0 Å². The third-order valence-corrected chi connectivity index (χ3v) is 10.9. The SMILES string of the molecule is C=CCN(CCC)C(=O)[C@H]1[C@H]2C(=O)N([C@@H](CC)CO)C(C(=O)N(CC=C)c3ccc(Cl)cc3)C23CC[C@]1(C)S3. The monoisotopic (exact) mass is 573 g/mol. The van der Waals surface area contributed by atoms with Crippen LogP contribution in [-0.4, -0.2) is 80.4 Å². The number of aliphatic hydroxyl groups excluding tert-OH is 1. The number of carbonyl (C=O) groups excluding carboxylic acids is 3. The maximum Gasteiger partial charge on any atom is 0.251 e. The fourth-order valence-corrected chi connectivity index (χ4v) is 9.42.